The maximum absolute atomic E-state index is 13.3. The second-order valence-electron chi connectivity index (χ2n) is 7.38. The van der Waals surface area contributed by atoms with Crippen LogP contribution >= 0.6 is 0 Å². The smallest absolute Gasteiger partial charge is 0.224 e. The molecule has 1 saturated heterocycles. The molecule has 0 spiro atoms. The van der Waals surface area contributed by atoms with E-state index >= 15 is 0 Å². The number of carbonyl (C=O) groups is 1. The molecule has 0 bridgehead atoms. The molecule has 1 aromatic carbocycles. The number of piperidine rings is 1. The fraction of sp³-hybridized carbons (Fsp3) is 0.381. The summed E-state index contributed by atoms with van der Waals surface area (Å²) in [5.41, 5.74) is 2.22. The van der Waals surface area contributed by atoms with E-state index in [0.717, 1.165) is 30.9 Å². The van der Waals surface area contributed by atoms with E-state index in [2.05, 4.69) is 22.2 Å². The van der Waals surface area contributed by atoms with E-state index in [1.54, 1.807) is 24.5 Å². The molecule has 1 amide bonds. The molecule has 7 heteroatoms. The van der Waals surface area contributed by atoms with Gasteiger partial charge in [0.15, 0.2) is 5.65 Å². The van der Waals surface area contributed by atoms with E-state index in [4.69, 9.17) is 0 Å². The van der Waals surface area contributed by atoms with Gasteiger partial charge in [0.2, 0.25) is 5.91 Å². The van der Waals surface area contributed by atoms with Gasteiger partial charge in [0.05, 0.1) is 6.20 Å². The molecule has 3 aromatic rings. The van der Waals surface area contributed by atoms with Crippen LogP contribution in [0.1, 0.15) is 26.2 Å². The van der Waals surface area contributed by atoms with Gasteiger partial charge in [0.25, 0.3) is 0 Å². The Labute approximate surface area is 163 Å². The third-order valence-electron chi connectivity index (χ3n) is 5.19. The Hall–Kier alpha value is -2.96. The van der Waals surface area contributed by atoms with E-state index < -0.39 is 0 Å². The van der Waals surface area contributed by atoms with Crippen LogP contribution in [-0.2, 0) is 4.79 Å². The predicted molar refractivity (Wildman–Crippen MR) is 106 cm³/mol. The van der Waals surface area contributed by atoms with Gasteiger partial charge in [-0.2, -0.15) is 0 Å². The number of amides is 1. The molecule has 3 heterocycles. The molecular weight excluding hydrogens is 357 g/mol. The molecule has 1 N–H and O–H groups in total. The lowest BCUT2D eigenvalue weighted by Gasteiger charge is -2.31. The summed E-state index contributed by atoms with van der Waals surface area (Å²) >= 11 is 0. The number of rotatable bonds is 5. The number of aromatic nitrogens is 3. The summed E-state index contributed by atoms with van der Waals surface area (Å²) in [6.07, 6.45) is 7.89. The Morgan fingerprint density at radius 2 is 2.14 bits per heavy atom. The monoisotopic (exact) mass is 381 g/mol. The number of hydrogen-bond acceptors (Lipinski definition) is 4. The molecule has 1 atom stereocenters. The fourth-order valence-electron chi connectivity index (χ4n) is 3.75. The van der Waals surface area contributed by atoms with Gasteiger partial charge < -0.3 is 10.2 Å². The summed E-state index contributed by atoms with van der Waals surface area (Å²) in [7, 11) is 0. The Morgan fingerprint density at radius 3 is 2.93 bits per heavy atom. The zero-order valence-electron chi connectivity index (χ0n) is 15.9. The number of anilines is 1. The lowest BCUT2D eigenvalue weighted by atomic mass is 10.00. The second kappa shape index (κ2) is 7.96. The lowest BCUT2D eigenvalue weighted by Crippen LogP contribution is -2.39. The Balaban J connectivity index is 1.52. The molecular formula is C21H24FN5O. The Kier molecular flexibility index (Phi) is 5.23. The van der Waals surface area contributed by atoms with Crippen LogP contribution in [0.3, 0.4) is 0 Å². The van der Waals surface area contributed by atoms with Crippen LogP contribution in [0.15, 0.2) is 42.9 Å². The van der Waals surface area contributed by atoms with Gasteiger partial charge in [-0.1, -0.05) is 6.92 Å². The van der Waals surface area contributed by atoms with Gasteiger partial charge >= 0.3 is 0 Å². The molecule has 1 unspecified atom stereocenters. The zero-order valence-corrected chi connectivity index (χ0v) is 15.9. The van der Waals surface area contributed by atoms with Crippen molar-refractivity contribution in [3.05, 3.63) is 48.7 Å². The van der Waals surface area contributed by atoms with Gasteiger partial charge in [-0.05, 0) is 43.0 Å². The largest absolute Gasteiger partial charge is 0.369 e. The predicted octanol–water partition coefficient (Wildman–Crippen LogP) is 3.60. The highest BCUT2D eigenvalue weighted by atomic mass is 19.1. The van der Waals surface area contributed by atoms with E-state index in [0.29, 0.717) is 30.2 Å². The maximum Gasteiger partial charge on any atom is 0.224 e. The molecule has 2 aromatic heterocycles. The van der Waals surface area contributed by atoms with Crippen molar-refractivity contribution in [1.29, 1.82) is 0 Å². The van der Waals surface area contributed by atoms with Gasteiger partial charge in [-0.3, -0.25) is 14.2 Å². The summed E-state index contributed by atoms with van der Waals surface area (Å²) in [5.74, 6) is 1.24. The van der Waals surface area contributed by atoms with Crippen molar-refractivity contribution in [2.45, 2.75) is 26.2 Å². The number of fused-ring (bicyclic) bond motifs is 1. The topological polar surface area (TPSA) is 62.5 Å². The van der Waals surface area contributed by atoms with Crippen molar-refractivity contribution in [1.82, 2.24) is 19.3 Å². The van der Waals surface area contributed by atoms with Crippen molar-refractivity contribution < 1.29 is 9.18 Å². The van der Waals surface area contributed by atoms with E-state index in [1.807, 2.05) is 15.5 Å². The Morgan fingerprint density at radius 1 is 1.32 bits per heavy atom. The maximum atomic E-state index is 13.3. The molecule has 28 heavy (non-hydrogen) atoms. The second-order valence-corrected chi connectivity index (χ2v) is 7.38. The summed E-state index contributed by atoms with van der Waals surface area (Å²) in [6, 6.07) is 6.25. The van der Waals surface area contributed by atoms with Gasteiger partial charge in [0, 0.05) is 44.0 Å². The first kappa shape index (κ1) is 18.4. The van der Waals surface area contributed by atoms with Crippen molar-refractivity contribution in [3.63, 3.8) is 0 Å². The molecule has 0 radical (unpaired) electrons. The molecule has 0 saturated carbocycles. The van der Waals surface area contributed by atoms with Crippen LogP contribution in [0.5, 0.6) is 0 Å². The van der Waals surface area contributed by atoms with Crippen LogP contribution in [0, 0.1) is 11.7 Å². The SMILES string of the molecule is CC1CCCN(C(=O)CCNc2c(-c3ccc(F)cc3)nc3cnccn23)C1. The number of nitrogens with one attached hydrogen (secondary N) is 1. The van der Waals surface area contributed by atoms with Gasteiger partial charge in [0.1, 0.15) is 17.3 Å². The first-order valence-corrected chi connectivity index (χ1v) is 9.71. The van der Waals surface area contributed by atoms with Crippen LogP contribution in [0.25, 0.3) is 16.9 Å². The minimum Gasteiger partial charge on any atom is -0.369 e. The Bertz CT molecular complexity index is 969. The number of benzene rings is 1. The molecule has 4 rings (SSSR count). The molecule has 146 valence electrons. The van der Waals surface area contributed by atoms with Crippen molar-refractivity contribution >= 4 is 17.4 Å². The van der Waals surface area contributed by atoms with Crippen molar-refractivity contribution in [2.24, 2.45) is 5.92 Å². The summed E-state index contributed by atoms with van der Waals surface area (Å²) < 4.78 is 15.2. The van der Waals surface area contributed by atoms with Crippen LogP contribution in [0.2, 0.25) is 0 Å². The normalized spacial score (nSPS) is 17.1. The zero-order chi connectivity index (χ0) is 19.5. The quantitative estimate of drug-likeness (QED) is 0.734. The highest BCUT2D eigenvalue weighted by Gasteiger charge is 2.21. The molecule has 0 aliphatic carbocycles. The van der Waals surface area contributed by atoms with E-state index in [-0.39, 0.29) is 11.7 Å². The number of hydrogen-bond donors (Lipinski definition) is 1. The summed E-state index contributed by atoms with van der Waals surface area (Å²) in [4.78, 5) is 23.3. The average Bonchev–Trinajstić information content (AvgIpc) is 3.07. The first-order chi connectivity index (χ1) is 13.6. The van der Waals surface area contributed by atoms with Crippen molar-refractivity contribution in [3.8, 4) is 11.3 Å². The standard InChI is InChI=1S/C21H24FN5O/c1-15-3-2-11-26(14-15)19(28)8-9-24-21-20(16-4-6-17(22)7-5-16)25-18-13-23-10-12-27(18)21/h4-7,10,12-13,15,24H,2-3,8-9,11,14H2,1H3. The summed E-state index contributed by atoms with van der Waals surface area (Å²) in [6.45, 7) is 4.40. The summed E-state index contributed by atoms with van der Waals surface area (Å²) in [5, 5.41) is 3.36. The number of carbonyl (C=O) groups excluding carboxylic acids is 1. The third kappa shape index (κ3) is 3.83. The lowest BCUT2D eigenvalue weighted by molar-refractivity contribution is -0.132. The van der Waals surface area contributed by atoms with E-state index in [9.17, 15) is 9.18 Å². The molecule has 1 aliphatic rings. The van der Waals surface area contributed by atoms with Gasteiger partial charge in [-0.15, -0.1) is 0 Å². The highest BCUT2D eigenvalue weighted by molar-refractivity contribution is 5.78. The van der Waals surface area contributed by atoms with Crippen LogP contribution < -0.4 is 5.32 Å². The van der Waals surface area contributed by atoms with Crippen LogP contribution in [-0.4, -0.2) is 44.8 Å². The first-order valence-electron chi connectivity index (χ1n) is 9.71. The van der Waals surface area contributed by atoms with Crippen molar-refractivity contribution in [2.75, 3.05) is 25.0 Å². The minimum absolute atomic E-state index is 0.179. The highest BCUT2D eigenvalue weighted by Crippen LogP contribution is 2.28. The van der Waals surface area contributed by atoms with Gasteiger partial charge in [-0.25, -0.2) is 9.37 Å². The number of likely N-dealkylation sites (tertiary alicyclic amines) is 1. The fourth-order valence-corrected chi connectivity index (χ4v) is 3.75. The van der Waals surface area contributed by atoms with Crippen LogP contribution in [0.4, 0.5) is 10.2 Å². The third-order valence-corrected chi connectivity index (χ3v) is 5.19. The van der Waals surface area contributed by atoms with E-state index in [1.165, 1.54) is 18.6 Å². The average molecular weight is 381 g/mol. The molecule has 1 aliphatic heterocycles. The minimum atomic E-state index is -0.287. The number of imidazole rings is 1. The number of nitrogens with zero attached hydrogens (tertiary/aromatic N) is 4. The number of halogens is 1. The molecule has 6 nitrogen and oxygen atoms in total. The molecule has 1 fully saturated rings.